The van der Waals surface area contributed by atoms with Crippen LogP contribution in [-0.4, -0.2) is 11.0 Å². The number of hydrogen-bond acceptors (Lipinski definition) is 3. The third-order valence-electron chi connectivity index (χ3n) is 0.171. The predicted molar refractivity (Wildman–Crippen MR) is 21.8 cm³/mol. The van der Waals surface area contributed by atoms with Gasteiger partial charge >= 0.3 is 0 Å². The Morgan fingerprint density at radius 1 is 2.00 bits per heavy atom. The molecule has 0 bridgehead atoms. The third-order valence-corrected chi connectivity index (χ3v) is 0.512. The van der Waals surface area contributed by atoms with E-state index in [1.807, 2.05) is 6.92 Å². The molecule has 0 atom stereocenters. The van der Waals surface area contributed by atoms with Gasteiger partial charge in [-0.05, 0) is 0 Å². The average Bonchev–Trinajstić information content (AvgIpc) is 1.41. The Morgan fingerprint density at radius 2 is 2.60 bits per heavy atom. The van der Waals surface area contributed by atoms with E-state index < -0.39 is 0 Å². The van der Waals surface area contributed by atoms with Crippen LogP contribution in [0, 0.1) is 0 Å². The van der Waals surface area contributed by atoms with E-state index in [0.717, 1.165) is 17.8 Å². The molecule has 0 aromatic carbocycles. The monoisotopic (exact) mass is 94.0 g/mol. The molecule has 5 heavy (non-hydrogen) atoms. The van der Waals surface area contributed by atoms with Gasteiger partial charge in [-0.25, -0.2) is 5.26 Å². The second kappa shape index (κ2) is 4.27. The normalized spacial score (nSPS) is 8.40. The van der Waals surface area contributed by atoms with Crippen LogP contribution < -0.4 is 0 Å². The molecule has 0 saturated heterocycles. The van der Waals surface area contributed by atoms with Crippen molar-refractivity contribution in [3.63, 3.8) is 0 Å². The summed E-state index contributed by atoms with van der Waals surface area (Å²) in [7, 11) is 0. The molecule has 0 rings (SSSR count). The zero-order valence-corrected chi connectivity index (χ0v) is 3.79. The maximum Gasteiger partial charge on any atom is 0.0308 e. The van der Waals surface area contributed by atoms with Gasteiger partial charge in [-0.15, -0.1) is 0 Å². The van der Waals surface area contributed by atoms with Gasteiger partial charge in [-0.1, -0.05) is 6.92 Å². The van der Waals surface area contributed by atoms with Gasteiger partial charge in [0.1, 0.15) is 0 Å². The summed E-state index contributed by atoms with van der Waals surface area (Å²) in [5, 5.41) is 7.53. The van der Waals surface area contributed by atoms with Crippen molar-refractivity contribution in [1.82, 2.24) is 0 Å². The van der Waals surface area contributed by atoms with Gasteiger partial charge in [0.15, 0.2) is 0 Å². The Morgan fingerprint density at radius 3 is 2.60 bits per heavy atom. The Bertz CT molecular complexity index is 15.1. The summed E-state index contributed by atoms with van der Waals surface area (Å²) in [5.41, 5.74) is 0. The van der Waals surface area contributed by atoms with E-state index in [0.29, 0.717) is 0 Å². The van der Waals surface area contributed by atoms with E-state index in [1.54, 1.807) is 0 Å². The highest BCUT2D eigenvalue weighted by Gasteiger charge is 1.69. The lowest BCUT2D eigenvalue weighted by Crippen LogP contribution is -1.65. The highest BCUT2D eigenvalue weighted by Crippen LogP contribution is 1.93. The van der Waals surface area contributed by atoms with Crippen molar-refractivity contribution < 1.29 is 9.59 Å². The van der Waals surface area contributed by atoms with Gasteiger partial charge in [0.25, 0.3) is 0 Å². The molecule has 0 radical (unpaired) electrons. The molecule has 0 aromatic heterocycles. The lowest BCUT2D eigenvalue weighted by atomic mass is 11.0. The first kappa shape index (κ1) is 5.27. The Hall–Kier alpha value is 0.270. The molecule has 32 valence electrons. The molecule has 0 aliphatic carbocycles. The Kier molecular flexibility index (Phi) is 4.50. The molecule has 0 fully saturated rings. The largest absolute Gasteiger partial charge is 0.239 e. The second-order valence-electron chi connectivity index (χ2n) is 0.481. The van der Waals surface area contributed by atoms with Crippen LogP contribution >= 0.6 is 12.0 Å². The van der Waals surface area contributed by atoms with Crippen LogP contribution in [0.5, 0.6) is 0 Å². The van der Waals surface area contributed by atoms with Gasteiger partial charge in [0.05, 0.1) is 0 Å². The summed E-state index contributed by atoms with van der Waals surface area (Å²) in [5.74, 6) is 0.788. The van der Waals surface area contributed by atoms with Crippen molar-refractivity contribution in [3.8, 4) is 0 Å². The van der Waals surface area contributed by atoms with Crippen molar-refractivity contribution in [2.45, 2.75) is 6.92 Å². The first-order valence-corrected chi connectivity index (χ1v) is 2.26. The van der Waals surface area contributed by atoms with Crippen LogP contribution in [0.2, 0.25) is 0 Å². The number of rotatable bonds is 2. The quantitative estimate of drug-likeness (QED) is 0.316. The molecular formula is C2H6O2S. The summed E-state index contributed by atoms with van der Waals surface area (Å²) >= 11 is 1.02. The van der Waals surface area contributed by atoms with E-state index >= 15 is 0 Å². The van der Waals surface area contributed by atoms with E-state index in [4.69, 9.17) is 5.26 Å². The molecule has 0 aliphatic heterocycles. The lowest BCUT2D eigenvalue weighted by Gasteiger charge is -1.79. The minimum absolute atomic E-state index is 0.788. The fraction of sp³-hybridized carbons (Fsp3) is 1.00. The van der Waals surface area contributed by atoms with Crippen LogP contribution in [0.1, 0.15) is 6.92 Å². The van der Waals surface area contributed by atoms with Gasteiger partial charge in [0, 0.05) is 17.8 Å². The zero-order valence-electron chi connectivity index (χ0n) is 2.97. The van der Waals surface area contributed by atoms with Crippen LogP contribution in [0.25, 0.3) is 0 Å². The highest BCUT2D eigenvalue weighted by molar-refractivity contribution is 7.94. The molecule has 3 heteroatoms. The SMILES string of the molecule is CCSOO. The summed E-state index contributed by atoms with van der Waals surface area (Å²) in [6.45, 7) is 1.89. The minimum Gasteiger partial charge on any atom is -0.239 e. The van der Waals surface area contributed by atoms with Crippen LogP contribution in [0.15, 0.2) is 0 Å². The van der Waals surface area contributed by atoms with E-state index in [2.05, 4.69) is 4.33 Å². The predicted octanol–water partition coefficient (Wildman–Crippen LogP) is 1.14. The summed E-state index contributed by atoms with van der Waals surface area (Å²) in [6, 6.07) is 0. The Labute approximate surface area is 35.3 Å². The van der Waals surface area contributed by atoms with Crippen LogP contribution in [0.3, 0.4) is 0 Å². The second-order valence-corrected chi connectivity index (χ2v) is 1.44. The molecular weight excluding hydrogens is 88.1 g/mol. The van der Waals surface area contributed by atoms with Crippen LogP contribution in [0.4, 0.5) is 0 Å². The molecule has 0 unspecified atom stereocenters. The maximum absolute atomic E-state index is 7.53. The molecule has 0 heterocycles. The molecule has 0 aromatic rings. The molecule has 0 saturated carbocycles. The summed E-state index contributed by atoms with van der Waals surface area (Å²) < 4.78 is 3.61. The smallest absolute Gasteiger partial charge is 0.0308 e. The molecule has 2 nitrogen and oxygen atoms in total. The average molecular weight is 94.1 g/mol. The fourth-order valence-electron chi connectivity index (χ4n) is 0.0527. The maximum atomic E-state index is 7.53. The summed E-state index contributed by atoms with van der Waals surface area (Å²) in [6.07, 6.45) is 0. The standard InChI is InChI=1S/C2H6O2S/c1-2-5-4-3/h3H,2H2,1H3. The van der Waals surface area contributed by atoms with Crippen molar-refractivity contribution in [2.75, 3.05) is 5.75 Å². The van der Waals surface area contributed by atoms with Crippen molar-refractivity contribution in [3.05, 3.63) is 0 Å². The molecule has 1 N–H and O–H groups in total. The zero-order chi connectivity index (χ0) is 4.12. The molecule has 0 spiro atoms. The Balaban J connectivity index is 2.19. The van der Waals surface area contributed by atoms with E-state index in [9.17, 15) is 0 Å². The van der Waals surface area contributed by atoms with Crippen molar-refractivity contribution >= 4 is 12.0 Å². The van der Waals surface area contributed by atoms with Crippen molar-refractivity contribution in [2.24, 2.45) is 0 Å². The fourth-order valence-corrected chi connectivity index (χ4v) is 0.158. The summed E-state index contributed by atoms with van der Waals surface area (Å²) in [4.78, 5) is 0. The van der Waals surface area contributed by atoms with Gasteiger partial charge in [0.2, 0.25) is 0 Å². The van der Waals surface area contributed by atoms with Gasteiger partial charge in [-0.3, -0.25) is 0 Å². The molecule has 0 amide bonds. The third kappa shape index (κ3) is 4.27. The molecule has 0 aliphatic rings. The van der Waals surface area contributed by atoms with Crippen LogP contribution in [-0.2, 0) is 4.33 Å². The topological polar surface area (TPSA) is 29.5 Å². The van der Waals surface area contributed by atoms with Crippen molar-refractivity contribution in [1.29, 1.82) is 0 Å². The van der Waals surface area contributed by atoms with Gasteiger partial charge < -0.3 is 0 Å². The van der Waals surface area contributed by atoms with Gasteiger partial charge in [-0.2, -0.15) is 4.33 Å². The number of hydrogen-bond donors (Lipinski definition) is 1. The highest BCUT2D eigenvalue weighted by atomic mass is 32.2. The minimum atomic E-state index is 0.788. The lowest BCUT2D eigenvalue weighted by molar-refractivity contribution is -0.116. The van der Waals surface area contributed by atoms with E-state index in [1.165, 1.54) is 0 Å². The first-order valence-electron chi connectivity index (χ1n) is 1.35. The first-order chi connectivity index (χ1) is 2.41. The van der Waals surface area contributed by atoms with E-state index in [-0.39, 0.29) is 0 Å².